The van der Waals surface area contributed by atoms with Gasteiger partial charge in [-0.2, -0.15) is 0 Å². The van der Waals surface area contributed by atoms with Gasteiger partial charge in [0.2, 0.25) is 0 Å². The Labute approximate surface area is 296 Å². The van der Waals surface area contributed by atoms with Crippen LogP contribution in [-0.2, 0) is 0 Å². The second-order valence-corrected chi connectivity index (χ2v) is 15.0. The van der Waals surface area contributed by atoms with Crippen molar-refractivity contribution in [1.29, 1.82) is 0 Å². The van der Waals surface area contributed by atoms with Crippen molar-refractivity contribution in [2.24, 2.45) is 0 Å². The van der Waals surface area contributed by atoms with E-state index in [4.69, 9.17) is 0 Å². The normalized spacial score (nSPS) is 12.0. The van der Waals surface area contributed by atoms with Crippen molar-refractivity contribution in [3.05, 3.63) is 170 Å². The highest BCUT2D eigenvalue weighted by Gasteiger charge is 2.24. The highest BCUT2D eigenvalue weighted by molar-refractivity contribution is 7.27. The van der Waals surface area contributed by atoms with E-state index in [1.165, 1.54) is 84.3 Å². The van der Waals surface area contributed by atoms with E-state index < -0.39 is 0 Å². The molecule has 0 bridgehead atoms. The fourth-order valence-corrected chi connectivity index (χ4v) is 10.4. The molecule has 234 valence electrons. The fourth-order valence-electron chi connectivity index (χ4n) is 8.02. The lowest BCUT2D eigenvalue weighted by atomic mass is 10.0. The summed E-state index contributed by atoms with van der Waals surface area (Å²) in [5.74, 6) is 0. The average Bonchev–Trinajstić information content (AvgIpc) is 3.85. The molecule has 0 radical (unpaired) electrons. The van der Waals surface area contributed by atoms with Gasteiger partial charge in [-0.15, -0.1) is 22.7 Å². The minimum Gasteiger partial charge on any atom is -0.309 e. The zero-order chi connectivity index (χ0) is 32.8. The van der Waals surface area contributed by atoms with Crippen molar-refractivity contribution in [2.75, 3.05) is 4.90 Å². The molecule has 0 saturated carbocycles. The Morgan fingerprint density at radius 3 is 1.98 bits per heavy atom. The van der Waals surface area contributed by atoms with E-state index in [0.29, 0.717) is 0 Å². The quantitative estimate of drug-likeness (QED) is 0.181. The summed E-state index contributed by atoms with van der Waals surface area (Å²) >= 11 is 3.76. The van der Waals surface area contributed by atoms with Gasteiger partial charge in [0.25, 0.3) is 0 Å². The maximum atomic E-state index is 2.52. The second-order valence-electron chi connectivity index (χ2n) is 12.9. The Hall–Kier alpha value is -5.94. The summed E-state index contributed by atoms with van der Waals surface area (Å²) in [5, 5.41) is 10.3. The SMILES string of the molecule is c1ccc(-n2c3ccccc3c3c(N(c4ccc5sc6c7ccccc7ccc6c5c4)c4cccc5sc6ccccc6c45)cccc32)cc1. The fraction of sp³-hybridized carbons (Fsp3) is 0. The van der Waals surface area contributed by atoms with Crippen molar-refractivity contribution in [3.8, 4) is 5.69 Å². The molecule has 2 nitrogen and oxygen atoms in total. The number of fused-ring (bicyclic) bond motifs is 11. The van der Waals surface area contributed by atoms with Gasteiger partial charge < -0.3 is 9.47 Å². The first-order chi connectivity index (χ1) is 24.8. The van der Waals surface area contributed by atoms with Gasteiger partial charge in [-0.05, 0) is 77.5 Å². The van der Waals surface area contributed by atoms with Crippen LogP contribution in [0.25, 0.3) is 78.6 Å². The number of hydrogen-bond donors (Lipinski definition) is 0. The van der Waals surface area contributed by atoms with Gasteiger partial charge in [0, 0.05) is 62.5 Å². The highest BCUT2D eigenvalue weighted by atomic mass is 32.1. The van der Waals surface area contributed by atoms with Crippen LogP contribution in [0, 0.1) is 0 Å². The minimum atomic E-state index is 1.15. The minimum absolute atomic E-state index is 1.15. The van der Waals surface area contributed by atoms with Crippen molar-refractivity contribution >= 4 is 113 Å². The van der Waals surface area contributed by atoms with Gasteiger partial charge in [0.05, 0.1) is 22.4 Å². The number of aromatic nitrogens is 1. The number of nitrogens with zero attached hydrogens (tertiary/aromatic N) is 2. The summed E-state index contributed by atoms with van der Waals surface area (Å²) in [6.07, 6.45) is 0. The average molecular weight is 673 g/mol. The number of hydrogen-bond acceptors (Lipinski definition) is 3. The van der Waals surface area contributed by atoms with Gasteiger partial charge in [0.15, 0.2) is 0 Å². The van der Waals surface area contributed by atoms with Crippen LogP contribution >= 0.6 is 22.7 Å². The van der Waals surface area contributed by atoms with E-state index in [9.17, 15) is 0 Å². The summed E-state index contributed by atoms with van der Waals surface area (Å²) in [7, 11) is 0. The van der Waals surface area contributed by atoms with Crippen LogP contribution in [-0.4, -0.2) is 4.57 Å². The molecule has 0 spiro atoms. The first kappa shape index (κ1) is 28.0. The molecule has 0 aliphatic rings. The molecule has 0 saturated heterocycles. The molecule has 11 rings (SSSR count). The van der Waals surface area contributed by atoms with Gasteiger partial charge in [-0.25, -0.2) is 0 Å². The molecule has 3 heterocycles. The molecule has 50 heavy (non-hydrogen) atoms. The Balaban J connectivity index is 1.26. The summed E-state index contributed by atoms with van der Waals surface area (Å²) in [4.78, 5) is 2.52. The standard InChI is InChI=1S/C46H28N2S2/c1-2-13-30(14-3-1)47-37-18-8-6-16-34(37)44-38(47)19-10-20-39(44)48(40-21-11-23-43-45(40)35-17-7-9-22-41(35)49-43)31-25-27-42-36(28-31)33-26-24-29-12-4-5-15-32(29)46(33)50-42/h1-28H. The second kappa shape index (κ2) is 10.8. The molecule has 11 aromatic rings. The highest BCUT2D eigenvalue weighted by Crippen LogP contribution is 2.49. The van der Waals surface area contributed by atoms with Crippen molar-refractivity contribution in [1.82, 2.24) is 4.57 Å². The van der Waals surface area contributed by atoms with Crippen LogP contribution in [0.1, 0.15) is 0 Å². The van der Waals surface area contributed by atoms with E-state index in [1.54, 1.807) is 0 Å². The van der Waals surface area contributed by atoms with Crippen LogP contribution in [0.5, 0.6) is 0 Å². The topological polar surface area (TPSA) is 8.17 Å². The van der Waals surface area contributed by atoms with Crippen molar-refractivity contribution < 1.29 is 0 Å². The molecular weight excluding hydrogens is 645 g/mol. The summed E-state index contributed by atoms with van der Waals surface area (Å²) in [5.41, 5.74) is 7.06. The Bertz CT molecular complexity index is 3110. The predicted molar refractivity (Wildman–Crippen MR) is 219 cm³/mol. The molecule has 0 N–H and O–H groups in total. The lowest BCUT2D eigenvalue weighted by Crippen LogP contribution is -2.10. The van der Waals surface area contributed by atoms with Crippen LogP contribution in [0.4, 0.5) is 17.1 Å². The van der Waals surface area contributed by atoms with Gasteiger partial charge in [0.1, 0.15) is 0 Å². The maximum Gasteiger partial charge on any atom is 0.0562 e. The number of anilines is 3. The third kappa shape index (κ3) is 4.01. The van der Waals surface area contributed by atoms with Crippen LogP contribution in [0.2, 0.25) is 0 Å². The van der Waals surface area contributed by atoms with Crippen LogP contribution < -0.4 is 4.90 Å². The molecule has 3 aromatic heterocycles. The third-order valence-electron chi connectivity index (χ3n) is 10.2. The third-order valence-corrected chi connectivity index (χ3v) is 12.5. The Morgan fingerprint density at radius 2 is 1.08 bits per heavy atom. The molecule has 8 aromatic carbocycles. The van der Waals surface area contributed by atoms with Gasteiger partial charge >= 0.3 is 0 Å². The summed E-state index contributed by atoms with van der Waals surface area (Å²) < 4.78 is 7.66. The lowest BCUT2D eigenvalue weighted by Gasteiger charge is -2.27. The first-order valence-corrected chi connectivity index (χ1v) is 18.6. The van der Waals surface area contributed by atoms with E-state index in [-0.39, 0.29) is 0 Å². The molecule has 0 amide bonds. The van der Waals surface area contributed by atoms with Crippen LogP contribution in [0.15, 0.2) is 170 Å². The number of thiophene rings is 2. The lowest BCUT2D eigenvalue weighted by molar-refractivity contribution is 1.18. The smallest absolute Gasteiger partial charge is 0.0562 e. The molecule has 0 aliphatic heterocycles. The molecular formula is C46H28N2S2. The van der Waals surface area contributed by atoms with E-state index >= 15 is 0 Å². The monoisotopic (exact) mass is 672 g/mol. The number of rotatable bonds is 4. The maximum absolute atomic E-state index is 2.52. The van der Waals surface area contributed by atoms with E-state index in [1.807, 2.05) is 22.7 Å². The summed E-state index contributed by atoms with van der Waals surface area (Å²) in [6.45, 7) is 0. The van der Waals surface area contributed by atoms with Crippen molar-refractivity contribution in [3.63, 3.8) is 0 Å². The first-order valence-electron chi connectivity index (χ1n) is 16.9. The molecule has 4 heteroatoms. The van der Waals surface area contributed by atoms with Gasteiger partial charge in [-0.1, -0.05) is 103 Å². The van der Waals surface area contributed by atoms with E-state index in [0.717, 1.165) is 11.4 Å². The number of benzene rings is 8. The van der Waals surface area contributed by atoms with Gasteiger partial charge in [-0.3, -0.25) is 0 Å². The zero-order valence-corrected chi connectivity index (χ0v) is 28.5. The number of para-hydroxylation sites is 2. The molecule has 0 atom stereocenters. The van der Waals surface area contributed by atoms with Crippen LogP contribution in [0.3, 0.4) is 0 Å². The largest absolute Gasteiger partial charge is 0.309 e. The molecule has 0 fully saturated rings. The predicted octanol–water partition coefficient (Wildman–Crippen LogP) is 14.1. The van der Waals surface area contributed by atoms with E-state index in [2.05, 4.69) is 179 Å². The molecule has 0 aliphatic carbocycles. The summed E-state index contributed by atoms with van der Waals surface area (Å²) in [6, 6.07) is 62.4. The molecule has 0 unspecified atom stereocenters. The van der Waals surface area contributed by atoms with Crippen molar-refractivity contribution in [2.45, 2.75) is 0 Å². The Morgan fingerprint density at radius 1 is 0.400 bits per heavy atom. The Kier molecular flexibility index (Phi) is 6.03. The zero-order valence-electron chi connectivity index (χ0n) is 26.9.